The van der Waals surface area contributed by atoms with Gasteiger partial charge in [0.2, 0.25) is 10.0 Å². The van der Waals surface area contributed by atoms with Gasteiger partial charge in [-0.25, -0.2) is 17.2 Å². The van der Waals surface area contributed by atoms with Crippen LogP contribution in [0, 0.1) is 11.6 Å². The molecule has 0 radical (unpaired) electrons. The average Bonchev–Trinajstić information content (AvgIpc) is 2.89. The lowest BCUT2D eigenvalue weighted by molar-refractivity contribution is -0.181. The van der Waals surface area contributed by atoms with E-state index in [1.807, 2.05) is 32.0 Å². The van der Waals surface area contributed by atoms with Gasteiger partial charge in [-0.2, -0.15) is 4.31 Å². The fraction of sp³-hybridized carbons (Fsp3) is 0.562. The second-order valence-electron chi connectivity index (χ2n) is 13.3. The Balaban J connectivity index is 1.52. The molecule has 1 aliphatic heterocycles. The number of halogens is 2. The quantitative estimate of drug-likeness (QED) is 0.108. The van der Waals surface area contributed by atoms with Gasteiger partial charge in [-0.1, -0.05) is 50.0 Å². The van der Waals surface area contributed by atoms with Crippen molar-refractivity contribution in [2.75, 3.05) is 20.5 Å². The lowest BCUT2D eigenvalue weighted by Gasteiger charge is -2.53. The van der Waals surface area contributed by atoms with E-state index in [2.05, 4.69) is 19.6 Å². The van der Waals surface area contributed by atoms with E-state index in [1.165, 1.54) is 23.7 Å². The first kappa shape index (κ1) is 32.8. The highest BCUT2D eigenvalue weighted by Crippen LogP contribution is 2.54. The van der Waals surface area contributed by atoms with Crippen LogP contribution in [0.4, 0.5) is 8.78 Å². The summed E-state index contributed by atoms with van der Waals surface area (Å²) in [5.41, 5.74) is -0.465. The minimum Gasteiger partial charge on any atom is -0.505 e. The van der Waals surface area contributed by atoms with Crippen molar-refractivity contribution in [1.82, 2.24) is 4.31 Å². The zero-order valence-electron chi connectivity index (χ0n) is 25.7. The number of hydrogen-bond donors (Lipinski definition) is 0. The van der Waals surface area contributed by atoms with Crippen LogP contribution in [0.15, 0.2) is 54.8 Å². The largest absolute Gasteiger partial charge is 0.505 e. The molecule has 10 heteroatoms. The zero-order valence-corrected chi connectivity index (χ0v) is 27.5. The van der Waals surface area contributed by atoms with E-state index in [0.717, 1.165) is 12.1 Å². The summed E-state index contributed by atoms with van der Waals surface area (Å²) in [4.78, 5) is 0. The molecule has 0 N–H and O–H groups in total. The normalized spacial score (nSPS) is 28.1. The highest BCUT2D eigenvalue weighted by molar-refractivity contribution is 7.89. The van der Waals surface area contributed by atoms with Gasteiger partial charge in [0, 0.05) is 43.8 Å². The Kier molecular flexibility index (Phi) is 10.0. The molecule has 2 aromatic rings. The Bertz CT molecular complexity index is 1360. The molecule has 6 nitrogen and oxygen atoms in total. The van der Waals surface area contributed by atoms with Crippen LogP contribution in [0.1, 0.15) is 61.5 Å². The summed E-state index contributed by atoms with van der Waals surface area (Å²) >= 11 is 0. The maximum Gasteiger partial charge on any atom is 0.221 e. The molecule has 1 aliphatic carbocycles. The lowest BCUT2D eigenvalue weighted by Crippen LogP contribution is -2.54. The highest BCUT2D eigenvalue weighted by Gasteiger charge is 2.54. The molecule has 0 spiro atoms. The van der Waals surface area contributed by atoms with E-state index in [4.69, 9.17) is 14.2 Å². The van der Waals surface area contributed by atoms with Crippen LogP contribution in [0.3, 0.4) is 0 Å². The van der Waals surface area contributed by atoms with Gasteiger partial charge in [-0.05, 0) is 69.3 Å². The van der Waals surface area contributed by atoms with Crippen LogP contribution in [0.2, 0.25) is 25.7 Å². The fourth-order valence-corrected chi connectivity index (χ4v) is 9.16. The third kappa shape index (κ3) is 7.33. The molecule has 0 bridgehead atoms. The minimum atomic E-state index is -3.78. The lowest BCUT2D eigenvalue weighted by atomic mass is 9.56. The van der Waals surface area contributed by atoms with Crippen molar-refractivity contribution in [2.24, 2.45) is 0 Å². The van der Waals surface area contributed by atoms with Crippen LogP contribution in [0.5, 0.6) is 0 Å². The van der Waals surface area contributed by atoms with Crippen molar-refractivity contribution in [3.8, 4) is 0 Å². The predicted octanol–water partition coefficient (Wildman–Crippen LogP) is 7.30. The van der Waals surface area contributed by atoms with Crippen molar-refractivity contribution in [1.29, 1.82) is 0 Å². The van der Waals surface area contributed by atoms with Gasteiger partial charge in [-0.3, -0.25) is 0 Å². The molecule has 1 saturated heterocycles. The molecule has 2 aromatic carbocycles. The average molecular weight is 622 g/mol. The van der Waals surface area contributed by atoms with Gasteiger partial charge in [0.15, 0.2) is 0 Å². The van der Waals surface area contributed by atoms with E-state index < -0.39 is 46.0 Å². The number of hydrogen-bond acceptors (Lipinski definition) is 5. The van der Waals surface area contributed by atoms with Crippen LogP contribution in [0.25, 0.3) is 0 Å². The second kappa shape index (κ2) is 12.9. The summed E-state index contributed by atoms with van der Waals surface area (Å²) in [6, 6.07) is 12.1. The first-order chi connectivity index (χ1) is 19.7. The zero-order chi connectivity index (χ0) is 30.8. The Hall–Kier alpha value is -2.11. The number of rotatable bonds is 12. The molecule has 1 saturated carbocycles. The van der Waals surface area contributed by atoms with Gasteiger partial charge in [0.1, 0.15) is 23.7 Å². The Morgan fingerprint density at radius 1 is 1.07 bits per heavy atom. The topological polar surface area (TPSA) is 65.1 Å². The van der Waals surface area contributed by atoms with E-state index in [0.29, 0.717) is 37.9 Å². The molecule has 0 aromatic heterocycles. The van der Waals surface area contributed by atoms with Gasteiger partial charge in [0.25, 0.3) is 0 Å². The smallest absolute Gasteiger partial charge is 0.221 e. The maximum absolute atomic E-state index is 15.8. The summed E-state index contributed by atoms with van der Waals surface area (Å²) in [5.74, 6) is -1.22. The molecule has 2 fully saturated rings. The first-order valence-electron chi connectivity index (χ1n) is 14.7. The van der Waals surface area contributed by atoms with Crippen molar-refractivity contribution in [2.45, 2.75) is 94.1 Å². The van der Waals surface area contributed by atoms with E-state index in [9.17, 15) is 8.42 Å². The van der Waals surface area contributed by atoms with Crippen LogP contribution >= 0.6 is 0 Å². The number of methoxy groups -OCH3 is 1. The molecule has 232 valence electrons. The van der Waals surface area contributed by atoms with Gasteiger partial charge >= 0.3 is 0 Å². The SMILES string of the molecule is CO/C=C/C1(c2cc(F)c(CN3[C@@H](C)CC[C@H](c4ccccc4)S3(=O)=O)cc2F)CC(C)(OCOCC[Si](C)(C)C)C1. The molecular formula is C32H45F2NO5SSi. The number of nitrogens with zero attached hydrogens (tertiary/aromatic N) is 1. The summed E-state index contributed by atoms with van der Waals surface area (Å²) in [6.07, 6.45) is 5.20. The molecule has 4 rings (SSSR count). The van der Waals surface area contributed by atoms with Gasteiger partial charge < -0.3 is 14.2 Å². The molecule has 1 heterocycles. The monoisotopic (exact) mass is 621 g/mol. The molecule has 0 amide bonds. The number of ether oxygens (including phenoxy) is 3. The number of benzene rings is 2. The van der Waals surface area contributed by atoms with E-state index in [-0.39, 0.29) is 30.5 Å². The van der Waals surface area contributed by atoms with Crippen molar-refractivity contribution >= 4 is 18.1 Å². The van der Waals surface area contributed by atoms with E-state index in [1.54, 1.807) is 18.2 Å². The number of sulfonamides is 1. The predicted molar refractivity (Wildman–Crippen MR) is 164 cm³/mol. The highest BCUT2D eigenvalue weighted by atomic mass is 32.2. The van der Waals surface area contributed by atoms with Gasteiger partial charge in [0.05, 0.1) is 19.0 Å². The third-order valence-electron chi connectivity index (χ3n) is 8.58. The molecule has 42 heavy (non-hydrogen) atoms. The molecular weight excluding hydrogens is 577 g/mol. The van der Waals surface area contributed by atoms with Crippen molar-refractivity contribution in [3.05, 3.63) is 83.1 Å². The van der Waals surface area contributed by atoms with Crippen LogP contribution in [-0.2, 0) is 36.2 Å². The number of allylic oxidation sites excluding steroid dienone is 1. The van der Waals surface area contributed by atoms with Crippen molar-refractivity contribution < 1.29 is 31.4 Å². The summed E-state index contributed by atoms with van der Waals surface area (Å²) in [5, 5.41) is -0.711. The summed E-state index contributed by atoms with van der Waals surface area (Å²) in [6.45, 7) is 11.2. The fourth-order valence-electron chi connectivity index (χ4n) is 6.21. The summed E-state index contributed by atoms with van der Waals surface area (Å²) in [7, 11) is -3.49. The third-order valence-corrected chi connectivity index (χ3v) is 12.7. The van der Waals surface area contributed by atoms with Crippen molar-refractivity contribution in [3.63, 3.8) is 0 Å². The minimum absolute atomic E-state index is 0.0143. The second-order valence-corrected chi connectivity index (χ2v) is 21.0. The van der Waals surface area contributed by atoms with Crippen LogP contribution < -0.4 is 0 Å². The molecule has 0 unspecified atom stereocenters. The van der Waals surface area contributed by atoms with Gasteiger partial charge in [-0.15, -0.1) is 0 Å². The van der Waals surface area contributed by atoms with Crippen LogP contribution in [-0.4, -0.2) is 52.9 Å². The first-order valence-corrected chi connectivity index (χ1v) is 19.9. The molecule has 2 aliphatic rings. The Labute approximate surface area is 251 Å². The summed E-state index contributed by atoms with van der Waals surface area (Å²) < 4.78 is 77.0. The van der Waals surface area contributed by atoms with E-state index >= 15 is 8.78 Å². The Morgan fingerprint density at radius 2 is 1.76 bits per heavy atom. The Morgan fingerprint density at radius 3 is 2.40 bits per heavy atom. The molecule has 2 atom stereocenters. The maximum atomic E-state index is 15.8. The standard InChI is InChI=1S/C32H45F2NO5SSi/c1-24-12-13-30(25-10-8-7-9-11-25)41(36,37)35(24)20-26-18-29(34)27(19-28(26)33)32(14-15-38-3)21-31(2,22-32)40-23-39-16-17-42(4,5)6/h7-11,14-15,18-19,24,30H,12-13,16-17,20-23H2,1-6H3/b15-14+/t24-,30+,31?,32?/m0/s1.